The number of hydrogen-bond acceptors (Lipinski definition) is 2. The highest BCUT2D eigenvalue weighted by Crippen LogP contribution is 2.34. The summed E-state index contributed by atoms with van der Waals surface area (Å²) in [5.41, 5.74) is 2.49. The Balaban J connectivity index is 1.91. The Kier molecular flexibility index (Phi) is 4.69. The van der Waals surface area contributed by atoms with Crippen molar-refractivity contribution in [2.24, 2.45) is 5.41 Å². The highest BCUT2D eigenvalue weighted by atomic mass is 16.1. The Morgan fingerprint density at radius 1 is 1.10 bits per heavy atom. The van der Waals surface area contributed by atoms with Crippen molar-refractivity contribution in [1.82, 2.24) is 0 Å². The van der Waals surface area contributed by atoms with Crippen molar-refractivity contribution in [3.8, 4) is 0 Å². The number of nitrogens with one attached hydrogen (secondary N) is 2. The molecular formula is C17H26N2O. The lowest BCUT2D eigenvalue weighted by Gasteiger charge is -2.22. The Hall–Kier alpha value is -1.51. The summed E-state index contributed by atoms with van der Waals surface area (Å²) in [7, 11) is 0. The molecule has 1 aliphatic carbocycles. The Labute approximate surface area is 122 Å². The second-order valence-electron chi connectivity index (χ2n) is 6.69. The van der Waals surface area contributed by atoms with Gasteiger partial charge in [0.05, 0.1) is 0 Å². The van der Waals surface area contributed by atoms with Gasteiger partial charge in [0.25, 0.3) is 0 Å². The smallest absolute Gasteiger partial charge is 0.221 e. The van der Waals surface area contributed by atoms with Crippen LogP contribution in [0.25, 0.3) is 0 Å². The van der Waals surface area contributed by atoms with E-state index in [-0.39, 0.29) is 5.91 Å². The van der Waals surface area contributed by atoms with Gasteiger partial charge in [0.15, 0.2) is 0 Å². The van der Waals surface area contributed by atoms with Crippen molar-refractivity contribution in [2.45, 2.75) is 58.9 Å². The molecule has 0 aliphatic heterocycles. The molecule has 0 radical (unpaired) electrons. The monoisotopic (exact) mass is 274 g/mol. The van der Waals surface area contributed by atoms with Crippen LogP contribution in [0.4, 0.5) is 11.4 Å². The first-order valence-electron chi connectivity index (χ1n) is 7.59. The molecule has 1 atom stereocenters. The molecule has 1 saturated carbocycles. The van der Waals surface area contributed by atoms with E-state index in [2.05, 4.69) is 24.5 Å². The highest BCUT2D eigenvalue weighted by Gasteiger charge is 2.24. The molecule has 20 heavy (non-hydrogen) atoms. The van der Waals surface area contributed by atoms with Crippen LogP contribution in [0.1, 0.15) is 52.9 Å². The quantitative estimate of drug-likeness (QED) is 0.801. The summed E-state index contributed by atoms with van der Waals surface area (Å²) in [5, 5.41) is 6.42. The number of carbonyl (C=O) groups is 1. The van der Waals surface area contributed by atoms with Gasteiger partial charge in [-0.25, -0.2) is 0 Å². The maximum atomic E-state index is 11.0. The molecule has 1 amide bonds. The van der Waals surface area contributed by atoms with Crippen LogP contribution >= 0.6 is 0 Å². The number of hydrogen-bond donors (Lipinski definition) is 2. The summed E-state index contributed by atoms with van der Waals surface area (Å²) in [6.07, 6.45) is 6.40. The minimum absolute atomic E-state index is 0.0308. The van der Waals surface area contributed by atoms with E-state index in [1.54, 1.807) is 0 Å². The molecule has 2 N–H and O–H groups in total. The summed E-state index contributed by atoms with van der Waals surface area (Å²) in [6, 6.07) is 8.56. The minimum atomic E-state index is -0.0308. The van der Waals surface area contributed by atoms with E-state index in [0.29, 0.717) is 11.5 Å². The molecule has 1 aliphatic rings. The van der Waals surface area contributed by atoms with Gasteiger partial charge in [0, 0.05) is 24.3 Å². The first-order valence-corrected chi connectivity index (χ1v) is 7.59. The van der Waals surface area contributed by atoms with Crippen LogP contribution in [0.5, 0.6) is 0 Å². The highest BCUT2D eigenvalue weighted by molar-refractivity contribution is 5.88. The zero-order valence-corrected chi connectivity index (χ0v) is 12.8. The lowest BCUT2D eigenvalue weighted by molar-refractivity contribution is -0.114. The first kappa shape index (κ1) is 14.9. The van der Waals surface area contributed by atoms with Gasteiger partial charge < -0.3 is 10.6 Å². The summed E-state index contributed by atoms with van der Waals surface area (Å²) in [4.78, 5) is 11.0. The summed E-state index contributed by atoms with van der Waals surface area (Å²) >= 11 is 0. The predicted octanol–water partition coefficient (Wildman–Crippen LogP) is 4.42. The Morgan fingerprint density at radius 3 is 2.40 bits per heavy atom. The van der Waals surface area contributed by atoms with Crippen LogP contribution in [0.3, 0.4) is 0 Å². The molecule has 3 nitrogen and oxygen atoms in total. The van der Waals surface area contributed by atoms with Gasteiger partial charge in [0.2, 0.25) is 5.91 Å². The molecule has 0 heterocycles. The second kappa shape index (κ2) is 6.29. The zero-order chi connectivity index (χ0) is 14.6. The van der Waals surface area contributed by atoms with Crippen molar-refractivity contribution < 1.29 is 4.79 Å². The molecule has 1 aromatic carbocycles. The Bertz CT molecular complexity index is 451. The van der Waals surface area contributed by atoms with Crippen molar-refractivity contribution in [3.63, 3.8) is 0 Å². The normalized spacial score (nSPS) is 21.9. The van der Waals surface area contributed by atoms with Crippen molar-refractivity contribution in [1.29, 1.82) is 0 Å². The van der Waals surface area contributed by atoms with E-state index >= 15 is 0 Å². The molecule has 1 fully saturated rings. The molecular weight excluding hydrogens is 248 g/mol. The lowest BCUT2D eigenvalue weighted by atomic mass is 9.85. The first-order chi connectivity index (χ1) is 9.44. The van der Waals surface area contributed by atoms with Gasteiger partial charge in [-0.1, -0.05) is 20.3 Å². The van der Waals surface area contributed by atoms with Crippen LogP contribution in [-0.4, -0.2) is 11.9 Å². The molecule has 110 valence electrons. The number of anilines is 2. The van der Waals surface area contributed by atoms with Crippen molar-refractivity contribution in [2.75, 3.05) is 10.6 Å². The average Bonchev–Trinajstić information content (AvgIpc) is 2.53. The minimum Gasteiger partial charge on any atom is -0.382 e. The third kappa shape index (κ3) is 4.55. The predicted molar refractivity (Wildman–Crippen MR) is 85.0 cm³/mol. The Morgan fingerprint density at radius 2 is 1.75 bits per heavy atom. The van der Waals surface area contributed by atoms with Crippen LogP contribution < -0.4 is 10.6 Å². The van der Waals surface area contributed by atoms with Crippen LogP contribution in [0.2, 0.25) is 0 Å². The van der Waals surface area contributed by atoms with Crippen LogP contribution in [0.15, 0.2) is 24.3 Å². The molecule has 3 heteroatoms. The van der Waals surface area contributed by atoms with Gasteiger partial charge in [-0.15, -0.1) is 0 Å². The van der Waals surface area contributed by atoms with Crippen molar-refractivity contribution >= 4 is 17.3 Å². The van der Waals surface area contributed by atoms with Gasteiger partial charge in [-0.3, -0.25) is 4.79 Å². The fourth-order valence-electron chi connectivity index (χ4n) is 2.89. The summed E-state index contributed by atoms with van der Waals surface area (Å²) < 4.78 is 0. The average molecular weight is 274 g/mol. The maximum absolute atomic E-state index is 11.0. The largest absolute Gasteiger partial charge is 0.382 e. The summed E-state index contributed by atoms with van der Waals surface area (Å²) in [5.74, 6) is -0.0308. The summed E-state index contributed by atoms with van der Waals surface area (Å²) in [6.45, 7) is 6.27. The van der Waals surface area contributed by atoms with Gasteiger partial charge >= 0.3 is 0 Å². The molecule has 0 saturated heterocycles. The van der Waals surface area contributed by atoms with Gasteiger partial charge in [0.1, 0.15) is 0 Å². The van der Waals surface area contributed by atoms with Gasteiger partial charge in [-0.2, -0.15) is 0 Å². The molecule has 2 rings (SSSR count). The third-order valence-corrected chi connectivity index (χ3v) is 4.15. The zero-order valence-electron chi connectivity index (χ0n) is 12.8. The fraction of sp³-hybridized carbons (Fsp3) is 0.588. The van der Waals surface area contributed by atoms with Crippen LogP contribution in [0, 0.1) is 5.41 Å². The maximum Gasteiger partial charge on any atom is 0.221 e. The standard InChI is InChI=1S/C17H26N2O/c1-13(20)18-15-6-8-16(9-7-15)19-14-5-4-11-17(2,3)12-10-14/h6-9,14,19H,4-5,10-12H2,1-3H3,(H,18,20). The van der Waals surface area contributed by atoms with E-state index in [1.807, 2.05) is 24.3 Å². The third-order valence-electron chi connectivity index (χ3n) is 4.15. The number of benzene rings is 1. The van der Waals surface area contributed by atoms with Gasteiger partial charge in [-0.05, 0) is 55.4 Å². The lowest BCUT2D eigenvalue weighted by Crippen LogP contribution is -2.19. The molecule has 1 unspecified atom stereocenters. The molecule has 1 aromatic rings. The number of amides is 1. The van der Waals surface area contributed by atoms with E-state index in [9.17, 15) is 4.79 Å². The molecule has 0 spiro atoms. The van der Waals surface area contributed by atoms with Crippen LogP contribution in [-0.2, 0) is 4.79 Å². The van der Waals surface area contributed by atoms with Crippen molar-refractivity contribution in [3.05, 3.63) is 24.3 Å². The fourth-order valence-corrected chi connectivity index (χ4v) is 2.89. The molecule has 0 aromatic heterocycles. The number of rotatable bonds is 3. The number of carbonyl (C=O) groups excluding carboxylic acids is 1. The van der Waals surface area contributed by atoms with E-state index < -0.39 is 0 Å². The van der Waals surface area contributed by atoms with E-state index in [4.69, 9.17) is 0 Å². The topological polar surface area (TPSA) is 41.1 Å². The van der Waals surface area contributed by atoms with E-state index in [1.165, 1.54) is 39.0 Å². The van der Waals surface area contributed by atoms with E-state index in [0.717, 1.165) is 11.4 Å². The molecule has 0 bridgehead atoms. The SMILES string of the molecule is CC(=O)Nc1ccc(NC2CCCC(C)(C)CC2)cc1. The second-order valence-corrected chi connectivity index (χ2v) is 6.69.